The molecule has 1 unspecified atom stereocenters. The van der Waals surface area contributed by atoms with Gasteiger partial charge in [-0.1, -0.05) is 72.8 Å². The summed E-state index contributed by atoms with van der Waals surface area (Å²) in [7, 11) is 0. The van der Waals surface area contributed by atoms with Crippen LogP contribution in [0.1, 0.15) is 12.0 Å². The Hall–Kier alpha value is -2.56. The minimum Gasteiger partial charge on any atom is -0.346 e. The van der Waals surface area contributed by atoms with Crippen LogP contribution in [0.3, 0.4) is 0 Å². The molecule has 0 radical (unpaired) electrons. The number of hydrogen-bond donors (Lipinski definition) is 1. The average molecular weight is 388 g/mol. The van der Waals surface area contributed by atoms with Gasteiger partial charge in [-0.15, -0.1) is 0 Å². The molecule has 3 nitrogen and oxygen atoms in total. The van der Waals surface area contributed by atoms with E-state index in [9.17, 15) is 5.11 Å². The lowest BCUT2D eigenvalue weighted by Crippen LogP contribution is -2.46. The van der Waals surface area contributed by atoms with Crippen LogP contribution >= 0.6 is 11.8 Å². The first-order chi connectivity index (χ1) is 13.8. The van der Waals surface area contributed by atoms with Gasteiger partial charge in [0.25, 0.3) is 5.72 Å². The first-order valence-corrected chi connectivity index (χ1v) is 10.7. The third-order valence-electron chi connectivity index (χ3n) is 5.52. The van der Waals surface area contributed by atoms with Gasteiger partial charge in [-0.05, 0) is 41.4 Å². The minimum atomic E-state index is -1.07. The van der Waals surface area contributed by atoms with Gasteiger partial charge in [0.2, 0.25) is 0 Å². The molecule has 4 heteroatoms. The number of rotatable bonds is 3. The molecule has 0 spiro atoms. The molecule has 5 rings (SSSR count). The molecule has 2 aliphatic heterocycles. The summed E-state index contributed by atoms with van der Waals surface area (Å²) in [5, 5.41) is 13.1. The maximum atomic E-state index is 11.9. The lowest BCUT2D eigenvalue weighted by Gasteiger charge is -2.28. The summed E-state index contributed by atoms with van der Waals surface area (Å²) in [4.78, 5) is 2.12. The Kier molecular flexibility index (Phi) is 4.46. The van der Waals surface area contributed by atoms with Crippen LogP contribution < -0.4 is 4.90 Å². The molecule has 0 fully saturated rings. The summed E-state index contributed by atoms with van der Waals surface area (Å²) in [6.45, 7) is 1.59. The molecule has 1 N–H and O–H groups in total. The molecule has 0 bridgehead atoms. The van der Waals surface area contributed by atoms with E-state index in [0.717, 1.165) is 40.7 Å². The van der Waals surface area contributed by atoms with E-state index in [0.29, 0.717) is 6.54 Å². The van der Waals surface area contributed by atoms with E-state index >= 15 is 0 Å². The molecule has 2 heterocycles. The van der Waals surface area contributed by atoms with Crippen molar-refractivity contribution in [2.75, 3.05) is 23.7 Å². The third-order valence-corrected chi connectivity index (χ3v) is 6.71. The number of thioether (sulfide) groups is 1. The largest absolute Gasteiger partial charge is 0.346 e. The van der Waals surface area contributed by atoms with Gasteiger partial charge in [-0.25, -0.2) is 4.58 Å². The highest BCUT2D eigenvalue weighted by Crippen LogP contribution is 2.40. The van der Waals surface area contributed by atoms with Gasteiger partial charge in [0.05, 0.1) is 6.54 Å². The zero-order chi connectivity index (χ0) is 19.0. The van der Waals surface area contributed by atoms with Crippen molar-refractivity contribution in [2.45, 2.75) is 12.1 Å². The van der Waals surface area contributed by atoms with Crippen LogP contribution in [-0.2, 0) is 5.72 Å². The molecule has 0 amide bonds. The number of hydrogen-bond acceptors (Lipinski definition) is 3. The number of para-hydroxylation sites is 1. The van der Waals surface area contributed by atoms with Crippen molar-refractivity contribution in [2.24, 2.45) is 0 Å². The fourth-order valence-electron chi connectivity index (χ4n) is 4.14. The fraction of sp³-hybridized carbons (Fsp3) is 0.208. The second-order valence-corrected chi connectivity index (χ2v) is 8.40. The minimum absolute atomic E-state index is 0.592. The third kappa shape index (κ3) is 2.93. The monoisotopic (exact) mass is 387 g/mol. The van der Waals surface area contributed by atoms with Crippen molar-refractivity contribution in [1.82, 2.24) is 0 Å². The molecular weight excluding hydrogens is 364 g/mol. The Labute approximate surface area is 170 Å². The van der Waals surface area contributed by atoms with Crippen molar-refractivity contribution < 1.29 is 9.68 Å². The lowest BCUT2D eigenvalue weighted by atomic mass is 9.97. The van der Waals surface area contributed by atoms with E-state index in [2.05, 4.69) is 70.1 Å². The highest BCUT2D eigenvalue weighted by molar-refractivity contribution is 8.14. The second-order valence-electron chi connectivity index (χ2n) is 7.34. The molecular formula is C24H23N2OS+. The molecule has 3 aromatic carbocycles. The average Bonchev–Trinajstić information content (AvgIpc) is 3.08. The smallest absolute Gasteiger partial charge is 0.316 e. The summed E-state index contributed by atoms with van der Waals surface area (Å²) in [6, 6.07) is 29.0. The first-order valence-electron chi connectivity index (χ1n) is 9.74. The van der Waals surface area contributed by atoms with E-state index in [1.165, 1.54) is 5.56 Å². The number of benzene rings is 3. The molecule has 2 aliphatic rings. The van der Waals surface area contributed by atoms with Crippen LogP contribution in [0.15, 0.2) is 84.9 Å². The van der Waals surface area contributed by atoms with Gasteiger partial charge < -0.3 is 5.11 Å². The summed E-state index contributed by atoms with van der Waals surface area (Å²) in [5.74, 6) is 1.10. The van der Waals surface area contributed by atoms with Gasteiger partial charge in [0, 0.05) is 11.3 Å². The molecule has 1 atom stereocenters. The maximum Gasteiger partial charge on any atom is 0.316 e. The molecule has 0 saturated heterocycles. The molecule has 0 aromatic heterocycles. The second kappa shape index (κ2) is 7.12. The predicted octanol–water partition coefficient (Wildman–Crippen LogP) is 4.52. The van der Waals surface area contributed by atoms with Crippen molar-refractivity contribution in [3.63, 3.8) is 0 Å². The van der Waals surface area contributed by atoms with Gasteiger partial charge in [0.15, 0.2) is 6.54 Å². The summed E-state index contributed by atoms with van der Waals surface area (Å²) in [5.41, 5.74) is 3.25. The Morgan fingerprint density at radius 2 is 1.46 bits per heavy atom. The number of anilines is 1. The molecule has 0 aliphatic carbocycles. The van der Waals surface area contributed by atoms with Crippen LogP contribution in [0, 0.1) is 0 Å². The first kappa shape index (κ1) is 17.5. The lowest BCUT2D eigenvalue weighted by molar-refractivity contribution is -0.532. The Morgan fingerprint density at radius 1 is 0.821 bits per heavy atom. The Balaban J connectivity index is 1.56. The van der Waals surface area contributed by atoms with Crippen LogP contribution in [0.4, 0.5) is 5.69 Å². The standard InChI is InChI=1S/C24H23N2OS/c27-24(21-14-12-20(13-15-21)19-8-3-1-4-9-19)18-25-16-7-17-28-23(25)26(24)22-10-5-2-6-11-22/h1-6,8-15,27H,7,16-18H2/q+1. The van der Waals surface area contributed by atoms with Crippen LogP contribution in [0.5, 0.6) is 0 Å². The Bertz CT molecular complexity index is 1000. The predicted molar refractivity (Wildman–Crippen MR) is 117 cm³/mol. The molecule has 28 heavy (non-hydrogen) atoms. The van der Waals surface area contributed by atoms with E-state index in [4.69, 9.17) is 0 Å². The van der Waals surface area contributed by atoms with Crippen LogP contribution in [-0.4, -0.2) is 33.7 Å². The summed E-state index contributed by atoms with van der Waals surface area (Å²) in [6.07, 6.45) is 1.15. The van der Waals surface area contributed by atoms with Gasteiger partial charge >= 0.3 is 5.17 Å². The van der Waals surface area contributed by atoms with Gasteiger partial charge in [0.1, 0.15) is 5.69 Å². The van der Waals surface area contributed by atoms with E-state index in [1.54, 1.807) is 0 Å². The van der Waals surface area contributed by atoms with Gasteiger partial charge in [-0.2, -0.15) is 4.90 Å². The van der Waals surface area contributed by atoms with Crippen molar-refractivity contribution >= 4 is 22.6 Å². The van der Waals surface area contributed by atoms with Crippen molar-refractivity contribution in [3.05, 3.63) is 90.5 Å². The Morgan fingerprint density at radius 3 is 2.18 bits per heavy atom. The van der Waals surface area contributed by atoms with E-state index in [-0.39, 0.29) is 0 Å². The zero-order valence-corrected chi connectivity index (χ0v) is 16.5. The van der Waals surface area contributed by atoms with Crippen LogP contribution in [0.25, 0.3) is 11.1 Å². The normalized spacial score (nSPS) is 21.7. The topological polar surface area (TPSA) is 26.5 Å². The fourth-order valence-corrected chi connectivity index (χ4v) is 5.32. The molecule has 140 valence electrons. The highest BCUT2D eigenvalue weighted by atomic mass is 32.2. The zero-order valence-electron chi connectivity index (χ0n) is 15.7. The van der Waals surface area contributed by atoms with E-state index < -0.39 is 5.72 Å². The van der Waals surface area contributed by atoms with Crippen molar-refractivity contribution in [1.29, 1.82) is 0 Å². The van der Waals surface area contributed by atoms with E-state index in [1.807, 2.05) is 36.0 Å². The number of amidine groups is 1. The number of aliphatic hydroxyl groups is 1. The molecule has 0 saturated carbocycles. The SMILES string of the molecule is OC1(c2ccc(-c3ccccc3)cc2)C[N+]2=C(SCCC2)N1c1ccccc1. The quantitative estimate of drug-likeness (QED) is 0.669. The maximum absolute atomic E-state index is 11.9. The molecule has 3 aromatic rings. The van der Waals surface area contributed by atoms with Crippen LogP contribution in [0.2, 0.25) is 0 Å². The van der Waals surface area contributed by atoms with Gasteiger partial charge in [-0.3, -0.25) is 0 Å². The summed E-state index contributed by atoms with van der Waals surface area (Å²) < 4.78 is 2.33. The number of nitrogens with zero attached hydrogens (tertiary/aromatic N) is 2. The highest BCUT2D eigenvalue weighted by Gasteiger charge is 2.55. The van der Waals surface area contributed by atoms with Crippen molar-refractivity contribution in [3.8, 4) is 11.1 Å². The summed E-state index contributed by atoms with van der Waals surface area (Å²) >= 11 is 1.84.